The molecule has 8 heteroatoms. The molecule has 0 saturated carbocycles. The van der Waals surface area contributed by atoms with E-state index >= 15 is 0 Å². The molecule has 2 aromatic carbocycles. The van der Waals surface area contributed by atoms with Crippen molar-refractivity contribution in [2.45, 2.75) is 43.5 Å². The van der Waals surface area contributed by atoms with E-state index in [1.807, 2.05) is 31.2 Å². The molecule has 0 aliphatic carbocycles. The summed E-state index contributed by atoms with van der Waals surface area (Å²) in [6.07, 6.45) is 3.40. The topological polar surface area (TPSA) is 72.7 Å². The van der Waals surface area contributed by atoms with E-state index in [9.17, 15) is 4.79 Å². The molecule has 0 aliphatic rings. The van der Waals surface area contributed by atoms with E-state index in [0.717, 1.165) is 12.1 Å². The van der Waals surface area contributed by atoms with Crippen molar-refractivity contribution in [1.29, 1.82) is 0 Å². The largest absolute Gasteiger partial charge is 0.324 e. The number of nitrogens with zero attached hydrogens (tertiary/aromatic N) is 4. The van der Waals surface area contributed by atoms with Crippen LogP contribution in [0.2, 0.25) is 5.02 Å². The number of para-hydroxylation sites is 1. The van der Waals surface area contributed by atoms with Crippen LogP contribution in [0.25, 0.3) is 5.69 Å². The smallest absolute Gasteiger partial charge is 0.237 e. The third-order valence-corrected chi connectivity index (χ3v) is 5.59. The number of carbonyl (C=O) groups excluding carboxylic acids is 1. The van der Waals surface area contributed by atoms with E-state index < -0.39 is 5.25 Å². The van der Waals surface area contributed by atoms with Crippen LogP contribution in [0.5, 0.6) is 0 Å². The van der Waals surface area contributed by atoms with Crippen LogP contribution in [-0.4, -0.2) is 31.4 Å². The first kappa shape index (κ1) is 20.4. The second kappa shape index (κ2) is 9.71. The lowest BCUT2D eigenvalue weighted by Gasteiger charge is -2.12. The third kappa shape index (κ3) is 5.11. The molecule has 1 unspecified atom stereocenters. The Morgan fingerprint density at radius 2 is 1.96 bits per heavy atom. The van der Waals surface area contributed by atoms with Gasteiger partial charge in [-0.3, -0.25) is 4.79 Å². The Hall–Kier alpha value is -2.38. The first-order valence-electron chi connectivity index (χ1n) is 9.18. The first-order chi connectivity index (χ1) is 13.6. The van der Waals surface area contributed by atoms with Crippen LogP contribution in [0.4, 0.5) is 5.69 Å². The van der Waals surface area contributed by atoms with Gasteiger partial charge in [-0.15, -0.1) is 5.10 Å². The van der Waals surface area contributed by atoms with Crippen molar-refractivity contribution < 1.29 is 4.79 Å². The number of benzene rings is 2. The fraction of sp³-hybridized carbons (Fsp3) is 0.300. The summed E-state index contributed by atoms with van der Waals surface area (Å²) in [5, 5.41) is 15.4. The summed E-state index contributed by atoms with van der Waals surface area (Å²) in [5.41, 5.74) is 2.75. The molecular formula is C20H22ClN5OS. The summed E-state index contributed by atoms with van der Waals surface area (Å²) >= 11 is 7.40. The summed E-state index contributed by atoms with van der Waals surface area (Å²) in [6.45, 7) is 3.99. The zero-order chi connectivity index (χ0) is 19.9. The van der Waals surface area contributed by atoms with Crippen LogP contribution in [-0.2, 0) is 11.2 Å². The molecule has 28 heavy (non-hydrogen) atoms. The van der Waals surface area contributed by atoms with Crippen LogP contribution < -0.4 is 5.32 Å². The molecule has 0 saturated heterocycles. The fourth-order valence-electron chi connectivity index (χ4n) is 2.61. The van der Waals surface area contributed by atoms with Crippen LogP contribution in [0.3, 0.4) is 0 Å². The zero-order valence-electron chi connectivity index (χ0n) is 15.8. The minimum absolute atomic E-state index is 0.164. The van der Waals surface area contributed by atoms with Gasteiger partial charge in [0.25, 0.3) is 0 Å². The molecule has 6 nitrogen and oxygen atoms in total. The summed E-state index contributed by atoms with van der Waals surface area (Å²) in [5.74, 6) is -0.164. The number of halogens is 1. The number of tetrazole rings is 1. The Morgan fingerprint density at radius 3 is 2.68 bits per heavy atom. The van der Waals surface area contributed by atoms with Gasteiger partial charge < -0.3 is 5.32 Å². The predicted octanol–water partition coefficient (Wildman–Crippen LogP) is 4.78. The van der Waals surface area contributed by atoms with Crippen molar-refractivity contribution in [3.63, 3.8) is 0 Å². The fourth-order valence-corrected chi connectivity index (χ4v) is 3.60. The summed E-state index contributed by atoms with van der Waals surface area (Å²) < 4.78 is 1.65. The SMILES string of the molecule is CCCCc1ccc(-n2nnnc2SC(C)C(=O)Nc2ccccc2Cl)cc1. The Kier molecular flexibility index (Phi) is 7.06. The molecule has 0 bridgehead atoms. The lowest BCUT2D eigenvalue weighted by Crippen LogP contribution is -2.23. The van der Waals surface area contributed by atoms with E-state index in [0.29, 0.717) is 15.9 Å². The maximum absolute atomic E-state index is 12.5. The van der Waals surface area contributed by atoms with Crippen LogP contribution in [0, 0.1) is 0 Å². The van der Waals surface area contributed by atoms with Gasteiger partial charge >= 0.3 is 0 Å². The Balaban J connectivity index is 1.68. The molecule has 0 radical (unpaired) electrons. The number of amides is 1. The molecule has 0 aliphatic heterocycles. The van der Waals surface area contributed by atoms with Gasteiger partial charge in [0.05, 0.1) is 21.6 Å². The standard InChI is InChI=1S/C20H22ClN5OS/c1-3-4-7-15-10-12-16(13-11-15)26-20(23-24-25-26)28-14(2)19(27)22-18-9-6-5-8-17(18)21/h5-6,8-14H,3-4,7H2,1-2H3,(H,22,27). The van der Waals surface area contributed by atoms with Gasteiger partial charge in [0.2, 0.25) is 11.1 Å². The molecule has 0 spiro atoms. The molecule has 1 atom stereocenters. The minimum atomic E-state index is -0.398. The number of aryl methyl sites for hydroxylation is 1. The van der Waals surface area contributed by atoms with Crippen molar-refractivity contribution >= 4 is 35.0 Å². The Bertz CT molecular complexity index is 928. The van der Waals surface area contributed by atoms with Crippen LogP contribution in [0.15, 0.2) is 53.7 Å². The minimum Gasteiger partial charge on any atom is -0.324 e. The first-order valence-corrected chi connectivity index (χ1v) is 10.4. The van der Waals surface area contributed by atoms with Gasteiger partial charge in [-0.1, -0.05) is 61.0 Å². The molecule has 1 N–H and O–H groups in total. The second-order valence-corrected chi connectivity index (χ2v) is 8.09. The van der Waals surface area contributed by atoms with E-state index in [-0.39, 0.29) is 5.91 Å². The number of carbonyl (C=O) groups is 1. The van der Waals surface area contributed by atoms with E-state index in [1.165, 1.54) is 30.2 Å². The van der Waals surface area contributed by atoms with Crippen molar-refractivity contribution in [1.82, 2.24) is 20.2 Å². The number of hydrogen-bond acceptors (Lipinski definition) is 5. The van der Waals surface area contributed by atoms with Crippen LogP contribution >= 0.6 is 23.4 Å². The predicted molar refractivity (Wildman–Crippen MR) is 113 cm³/mol. The molecule has 1 heterocycles. The summed E-state index contributed by atoms with van der Waals surface area (Å²) in [7, 11) is 0. The van der Waals surface area contributed by atoms with Crippen LogP contribution in [0.1, 0.15) is 32.3 Å². The molecule has 1 amide bonds. The van der Waals surface area contributed by atoms with Crippen molar-refractivity contribution in [3.8, 4) is 5.69 Å². The van der Waals surface area contributed by atoms with Gasteiger partial charge in [-0.25, -0.2) is 0 Å². The Labute approximate surface area is 173 Å². The van der Waals surface area contributed by atoms with Gasteiger partial charge in [0, 0.05) is 0 Å². The zero-order valence-corrected chi connectivity index (χ0v) is 17.4. The highest BCUT2D eigenvalue weighted by atomic mass is 35.5. The normalized spacial score (nSPS) is 12.0. The van der Waals surface area contributed by atoms with Gasteiger partial charge in [-0.05, 0) is 60.0 Å². The van der Waals surface area contributed by atoms with E-state index in [4.69, 9.17) is 11.6 Å². The molecule has 3 aromatic rings. The quantitative estimate of drug-likeness (QED) is 0.536. The van der Waals surface area contributed by atoms with Gasteiger partial charge in [0.15, 0.2) is 0 Å². The number of thioether (sulfide) groups is 1. The van der Waals surface area contributed by atoms with E-state index in [1.54, 1.807) is 16.8 Å². The number of anilines is 1. The molecule has 146 valence electrons. The van der Waals surface area contributed by atoms with Crippen molar-refractivity contribution in [3.05, 3.63) is 59.1 Å². The number of unbranched alkanes of at least 4 members (excludes halogenated alkanes) is 1. The second-order valence-electron chi connectivity index (χ2n) is 6.37. The van der Waals surface area contributed by atoms with Crippen molar-refractivity contribution in [2.75, 3.05) is 5.32 Å². The molecule has 0 fully saturated rings. The highest BCUT2D eigenvalue weighted by molar-refractivity contribution is 8.00. The highest BCUT2D eigenvalue weighted by Crippen LogP contribution is 2.26. The maximum atomic E-state index is 12.5. The highest BCUT2D eigenvalue weighted by Gasteiger charge is 2.20. The number of aromatic nitrogens is 4. The monoisotopic (exact) mass is 415 g/mol. The average molecular weight is 416 g/mol. The van der Waals surface area contributed by atoms with Crippen molar-refractivity contribution in [2.24, 2.45) is 0 Å². The summed E-state index contributed by atoms with van der Waals surface area (Å²) in [6, 6.07) is 15.3. The maximum Gasteiger partial charge on any atom is 0.237 e. The van der Waals surface area contributed by atoms with E-state index in [2.05, 4.69) is 39.9 Å². The van der Waals surface area contributed by atoms with Gasteiger partial charge in [-0.2, -0.15) is 4.68 Å². The lowest BCUT2D eigenvalue weighted by atomic mass is 10.1. The molecular weight excluding hydrogens is 394 g/mol. The lowest BCUT2D eigenvalue weighted by molar-refractivity contribution is -0.115. The molecule has 3 rings (SSSR count). The third-order valence-electron chi connectivity index (χ3n) is 4.22. The molecule has 1 aromatic heterocycles. The number of rotatable bonds is 8. The Morgan fingerprint density at radius 1 is 1.21 bits per heavy atom. The average Bonchev–Trinajstić information content (AvgIpc) is 3.16. The summed E-state index contributed by atoms with van der Waals surface area (Å²) in [4.78, 5) is 12.5. The number of nitrogens with one attached hydrogen (secondary N) is 1. The van der Waals surface area contributed by atoms with Gasteiger partial charge in [0.1, 0.15) is 0 Å². The number of hydrogen-bond donors (Lipinski definition) is 1.